The molecule has 0 aromatic heterocycles. The fraction of sp³-hybridized carbons (Fsp3) is 0.538. The van der Waals surface area contributed by atoms with Crippen molar-refractivity contribution in [3.05, 3.63) is 59.7 Å². The van der Waals surface area contributed by atoms with E-state index in [1.807, 2.05) is 14.1 Å². The Morgan fingerprint density at radius 1 is 1.06 bits per heavy atom. The highest BCUT2D eigenvalue weighted by Gasteiger charge is 2.32. The van der Waals surface area contributed by atoms with Crippen molar-refractivity contribution in [2.24, 2.45) is 11.8 Å². The molecule has 0 saturated carbocycles. The molecule has 1 aliphatic heterocycles. The molecule has 2 aromatic rings. The summed E-state index contributed by atoms with van der Waals surface area (Å²) in [4.78, 5) is 4.60. The number of alkyl halides is 3. The van der Waals surface area contributed by atoms with Gasteiger partial charge in [-0.3, -0.25) is 0 Å². The van der Waals surface area contributed by atoms with Crippen LogP contribution in [0.25, 0.3) is 0 Å². The summed E-state index contributed by atoms with van der Waals surface area (Å²) >= 11 is 0. The van der Waals surface area contributed by atoms with Gasteiger partial charge in [-0.2, -0.15) is 13.2 Å². The van der Waals surface area contributed by atoms with Crippen molar-refractivity contribution in [1.82, 2.24) is 4.90 Å². The van der Waals surface area contributed by atoms with Crippen LogP contribution in [-0.4, -0.2) is 45.2 Å². The van der Waals surface area contributed by atoms with E-state index in [0.29, 0.717) is 24.2 Å². The number of hydrogen-bond acceptors (Lipinski definition) is 3. The van der Waals surface area contributed by atoms with E-state index in [0.717, 1.165) is 44.6 Å². The van der Waals surface area contributed by atoms with E-state index >= 15 is 0 Å². The predicted molar refractivity (Wildman–Crippen MR) is 132 cm³/mol. The fourth-order valence-electron chi connectivity index (χ4n) is 4.41. The molecule has 0 spiro atoms. The molecule has 33 heavy (non-hydrogen) atoms. The number of halogens is 4. The van der Waals surface area contributed by atoms with Gasteiger partial charge in [0.15, 0.2) is 0 Å². The SMILES string of the molecule is CCC(C)CN1CC[C@@H](c2ccc(N(C)C)cc2)[C@H](COc2ccc(C(F)(F)F)cc2)C1.Cl. The third-order valence-electron chi connectivity index (χ3n) is 6.57. The Kier molecular flexibility index (Phi) is 9.92. The molecule has 7 heteroatoms. The number of benzene rings is 2. The standard InChI is InChI=1S/C26H35F3N2O.ClH/c1-5-19(2)16-31-15-14-25(20-6-10-23(11-7-20)30(3)4)21(17-31)18-32-24-12-8-22(9-13-24)26(27,28)29;/h6-13,19,21,25H,5,14-18H2,1-4H3;1H/t19?,21-,25-;/m0./s1. The molecule has 0 amide bonds. The van der Waals surface area contributed by atoms with Crippen molar-refractivity contribution in [3.63, 3.8) is 0 Å². The number of rotatable bonds is 8. The largest absolute Gasteiger partial charge is 0.493 e. The first kappa shape index (κ1) is 27.3. The first-order valence-electron chi connectivity index (χ1n) is 11.5. The van der Waals surface area contributed by atoms with Crippen LogP contribution in [0.1, 0.15) is 43.7 Å². The molecule has 0 radical (unpaired) electrons. The molecule has 3 nitrogen and oxygen atoms in total. The van der Waals surface area contributed by atoms with Gasteiger partial charge in [0.2, 0.25) is 0 Å². The average molecular weight is 485 g/mol. The van der Waals surface area contributed by atoms with Crippen molar-refractivity contribution < 1.29 is 17.9 Å². The van der Waals surface area contributed by atoms with Crippen LogP contribution in [0.4, 0.5) is 18.9 Å². The van der Waals surface area contributed by atoms with Crippen LogP contribution >= 0.6 is 12.4 Å². The molecule has 0 N–H and O–H groups in total. The first-order valence-corrected chi connectivity index (χ1v) is 11.5. The van der Waals surface area contributed by atoms with Gasteiger partial charge in [0.25, 0.3) is 0 Å². The van der Waals surface area contributed by atoms with Crippen LogP contribution in [0.15, 0.2) is 48.5 Å². The third-order valence-corrected chi connectivity index (χ3v) is 6.57. The molecular weight excluding hydrogens is 449 g/mol. The molecule has 0 bridgehead atoms. The summed E-state index contributed by atoms with van der Waals surface area (Å²) in [6, 6.07) is 13.7. The normalized spacial score (nSPS) is 20.1. The van der Waals surface area contributed by atoms with Crippen molar-refractivity contribution in [2.75, 3.05) is 45.2 Å². The van der Waals surface area contributed by atoms with E-state index in [4.69, 9.17) is 4.74 Å². The molecule has 3 atom stereocenters. The van der Waals surface area contributed by atoms with Crippen molar-refractivity contribution in [2.45, 2.75) is 38.8 Å². The van der Waals surface area contributed by atoms with Crippen molar-refractivity contribution in [1.29, 1.82) is 0 Å². The summed E-state index contributed by atoms with van der Waals surface area (Å²) < 4.78 is 44.5. The topological polar surface area (TPSA) is 15.7 Å². The zero-order chi connectivity index (χ0) is 23.3. The Bertz CT molecular complexity index is 840. The summed E-state index contributed by atoms with van der Waals surface area (Å²) in [5.74, 6) is 1.77. The third kappa shape index (κ3) is 7.54. The van der Waals surface area contributed by atoms with Crippen LogP contribution in [0, 0.1) is 11.8 Å². The summed E-state index contributed by atoms with van der Waals surface area (Å²) in [5, 5.41) is 0. The molecule has 3 rings (SSSR count). The Morgan fingerprint density at radius 2 is 1.70 bits per heavy atom. The lowest BCUT2D eigenvalue weighted by Crippen LogP contribution is -2.43. The molecule has 2 aromatic carbocycles. The minimum atomic E-state index is -4.33. The molecule has 1 heterocycles. The minimum absolute atomic E-state index is 0. The van der Waals surface area contributed by atoms with Gasteiger partial charge in [-0.05, 0) is 66.8 Å². The summed E-state index contributed by atoms with van der Waals surface area (Å²) in [6.07, 6.45) is -2.13. The van der Waals surface area contributed by atoms with E-state index in [9.17, 15) is 13.2 Å². The molecule has 1 fully saturated rings. The summed E-state index contributed by atoms with van der Waals surface area (Å²) in [6.45, 7) is 8.04. The maximum atomic E-state index is 12.8. The number of anilines is 1. The highest BCUT2D eigenvalue weighted by atomic mass is 35.5. The number of hydrogen-bond donors (Lipinski definition) is 0. The minimum Gasteiger partial charge on any atom is -0.493 e. The highest BCUT2D eigenvalue weighted by Crippen LogP contribution is 2.35. The lowest BCUT2D eigenvalue weighted by Gasteiger charge is -2.39. The second-order valence-corrected chi connectivity index (χ2v) is 9.25. The molecule has 0 aliphatic carbocycles. The van der Waals surface area contributed by atoms with E-state index in [1.54, 1.807) is 0 Å². The van der Waals surface area contributed by atoms with E-state index in [-0.39, 0.29) is 18.3 Å². The fourth-order valence-corrected chi connectivity index (χ4v) is 4.41. The van der Waals surface area contributed by atoms with Gasteiger partial charge < -0.3 is 14.5 Å². The Labute approximate surface area is 202 Å². The van der Waals surface area contributed by atoms with Gasteiger partial charge in [-0.1, -0.05) is 32.4 Å². The van der Waals surface area contributed by atoms with E-state index in [1.165, 1.54) is 23.4 Å². The van der Waals surface area contributed by atoms with Gasteiger partial charge in [0.1, 0.15) is 5.75 Å². The van der Waals surface area contributed by atoms with Gasteiger partial charge in [0.05, 0.1) is 12.2 Å². The molecule has 1 unspecified atom stereocenters. The number of nitrogens with zero attached hydrogens (tertiary/aromatic N) is 2. The zero-order valence-corrected chi connectivity index (χ0v) is 20.8. The Morgan fingerprint density at radius 3 is 2.24 bits per heavy atom. The average Bonchev–Trinajstić information content (AvgIpc) is 2.77. The van der Waals surface area contributed by atoms with Gasteiger partial charge in [-0.25, -0.2) is 0 Å². The van der Waals surface area contributed by atoms with Crippen LogP contribution in [0.3, 0.4) is 0 Å². The Balaban J connectivity index is 0.00000385. The van der Waals surface area contributed by atoms with Crippen LogP contribution in [0.5, 0.6) is 5.75 Å². The second-order valence-electron chi connectivity index (χ2n) is 9.25. The summed E-state index contributed by atoms with van der Waals surface area (Å²) in [7, 11) is 4.06. The van der Waals surface area contributed by atoms with Gasteiger partial charge >= 0.3 is 6.18 Å². The predicted octanol–water partition coefficient (Wildman–Crippen LogP) is 6.72. The van der Waals surface area contributed by atoms with E-state index < -0.39 is 11.7 Å². The quantitative estimate of drug-likeness (QED) is 0.413. The maximum Gasteiger partial charge on any atom is 0.416 e. The molecular formula is C26H36ClF3N2O. The van der Waals surface area contributed by atoms with Gasteiger partial charge in [-0.15, -0.1) is 12.4 Å². The van der Waals surface area contributed by atoms with Crippen molar-refractivity contribution >= 4 is 18.1 Å². The summed E-state index contributed by atoms with van der Waals surface area (Å²) in [5.41, 5.74) is 1.82. The number of likely N-dealkylation sites (tertiary alicyclic amines) is 1. The molecule has 1 aliphatic rings. The molecule has 1 saturated heterocycles. The van der Waals surface area contributed by atoms with E-state index in [2.05, 4.69) is 47.9 Å². The Hall–Kier alpha value is -1.92. The lowest BCUT2D eigenvalue weighted by atomic mass is 9.80. The van der Waals surface area contributed by atoms with Gasteiger partial charge in [0, 0.05) is 38.8 Å². The lowest BCUT2D eigenvalue weighted by molar-refractivity contribution is -0.137. The van der Waals surface area contributed by atoms with Crippen LogP contribution in [0.2, 0.25) is 0 Å². The second kappa shape index (κ2) is 12.0. The first-order chi connectivity index (χ1) is 15.2. The zero-order valence-electron chi connectivity index (χ0n) is 19.9. The number of ether oxygens (including phenoxy) is 1. The smallest absolute Gasteiger partial charge is 0.416 e. The maximum absolute atomic E-state index is 12.8. The van der Waals surface area contributed by atoms with Crippen LogP contribution < -0.4 is 9.64 Å². The molecule has 184 valence electrons. The highest BCUT2D eigenvalue weighted by molar-refractivity contribution is 5.85. The van der Waals surface area contributed by atoms with Crippen molar-refractivity contribution in [3.8, 4) is 5.75 Å². The monoisotopic (exact) mass is 484 g/mol. The number of piperidine rings is 1. The van der Waals surface area contributed by atoms with Crippen LogP contribution in [-0.2, 0) is 6.18 Å².